The first-order chi connectivity index (χ1) is 19.5. The molecule has 0 radical (unpaired) electrons. The van der Waals surface area contributed by atoms with Crippen LogP contribution in [0.2, 0.25) is 0 Å². The smallest absolute Gasteiger partial charge is 0.157 e. The van der Waals surface area contributed by atoms with Gasteiger partial charge in [0.1, 0.15) is 41.0 Å². The van der Waals surface area contributed by atoms with Crippen molar-refractivity contribution >= 4 is 0 Å². The Kier molecular flexibility index (Phi) is 6.13. The lowest BCUT2D eigenvalue weighted by Crippen LogP contribution is -2.31. The number of aliphatic hydroxyl groups is 2. The molecule has 4 aromatic carbocycles. The van der Waals surface area contributed by atoms with Crippen molar-refractivity contribution in [2.75, 3.05) is 0 Å². The summed E-state index contributed by atoms with van der Waals surface area (Å²) in [5, 5.41) is 94.0. The maximum absolute atomic E-state index is 11.1. The molecule has 9 N–H and O–H groups in total. The number of phenolic OH excluding ortho intramolecular Hbond substituents is 7. The minimum Gasteiger partial charge on any atom is -0.507 e. The predicted molar refractivity (Wildman–Crippen MR) is 143 cm³/mol. The second-order valence-corrected chi connectivity index (χ2v) is 10.2. The summed E-state index contributed by atoms with van der Waals surface area (Å²) in [6.07, 6.45) is -4.42. The van der Waals surface area contributed by atoms with Gasteiger partial charge in [-0.2, -0.15) is 0 Å². The van der Waals surface area contributed by atoms with E-state index in [1.165, 1.54) is 42.5 Å². The Morgan fingerprint density at radius 2 is 1.00 bits per heavy atom. The van der Waals surface area contributed by atoms with Crippen molar-refractivity contribution in [3.05, 3.63) is 76.9 Å². The molecule has 11 heteroatoms. The largest absolute Gasteiger partial charge is 0.507 e. The molecule has 11 nitrogen and oxygen atoms in total. The Balaban J connectivity index is 1.50. The molecule has 6 rings (SSSR count). The highest BCUT2D eigenvalue weighted by molar-refractivity contribution is 5.88. The zero-order valence-electron chi connectivity index (χ0n) is 21.3. The standard InChI is InChI=1S/C30H26O11/c31-16-4-1-12(7-20(16)35)27-23(38)9-14-3-6-18(33)25(29(14)40-27)26-22(37)11-19(34)15-10-24(39)28(41-30(15)26)13-2-5-17(32)21(36)8-13/h1-8,11,23-24,27-28,31-39H,9-10H2. The van der Waals surface area contributed by atoms with Crippen LogP contribution in [0.5, 0.6) is 51.7 Å². The van der Waals surface area contributed by atoms with Crippen LogP contribution < -0.4 is 9.47 Å². The lowest BCUT2D eigenvalue weighted by molar-refractivity contribution is 0.0190. The SMILES string of the molecule is Oc1ccc(C2Oc3c(ccc(O)c3-c3c(O)cc(O)c4c3OC(c3ccc(O)c(O)c3)C(O)C4)CC2O)cc1O. The molecule has 2 aliphatic rings. The molecule has 41 heavy (non-hydrogen) atoms. The van der Waals surface area contributed by atoms with Crippen LogP contribution in [0.3, 0.4) is 0 Å². The van der Waals surface area contributed by atoms with Gasteiger partial charge in [0.2, 0.25) is 0 Å². The van der Waals surface area contributed by atoms with Crippen molar-refractivity contribution in [2.45, 2.75) is 37.3 Å². The average Bonchev–Trinajstić information content (AvgIpc) is 2.93. The fourth-order valence-electron chi connectivity index (χ4n) is 5.47. The summed E-state index contributed by atoms with van der Waals surface area (Å²) >= 11 is 0. The molecule has 0 saturated heterocycles. The molecule has 2 heterocycles. The number of ether oxygens (including phenoxy) is 2. The summed E-state index contributed by atoms with van der Waals surface area (Å²) in [4.78, 5) is 0. The fourth-order valence-corrected chi connectivity index (χ4v) is 5.47. The molecule has 0 aliphatic carbocycles. The van der Waals surface area contributed by atoms with Crippen LogP contribution in [-0.2, 0) is 12.8 Å². The molecule has 0 bridgehead atoms. The first-order valence-electron chi connectivity index (χ1n) is 12.7. The van der Waals surface area contributed by atoms with Crippen molar-refractivity contribution in [1.82, 2.24) is 0 Å². The molecule has 0 amide bonds. The zero-order chi connectivity index (χ0) is 29.2. The zero-order valence-corrected chi connectivity index (χ0v) is 21.3. The predicted octanol–water partition coefficient (Wildman–Crippen LogP) is 3.37. The molecule has 4 aromatic rings. The molecular weight excluding hydrogens is 536 g/mol. The summed E-state index contributed by atoms with van der Waals surface area (Å²) in [6, 6.07) is 11.8. The lowest BCUT2D eigenvalue weighted by atomic mass is 9.87. The number of hydrogen-bond acceptors (Lipinski definition) is 11. The number of fused-ring (bicyclic) bond motifs is 2. The van der Waals surface area contributed by atoms with E-state index in [9.17, 15) is 46.0 Å². The Bertz CT molecular complexity index is 1680. The second kappa shape index (κ2) is 9.58. The van der Waals surface area contributed by atoms with Gasteiger partial charge in [0, 0.05) is 24.5 Å². The monoisotopic (exact) mass is 562 g/mol. The maximum Gasteiger partial charge on any atom is 0.157 e. The van der Waals surface area contributed by atoms with Gasteiger partial charge in [0.15, 0.2) is 23.0 Å². The number of aliphatic hydroxyl groups excluding tert-OH is 2. The third-order valence-corrected chi connectivity index (χ3v) is 7.49. The van der Waals surface area contributed by atoms with Crippen LogP contribution >= 0.6 is 0 Å². The summed E-state index contributed by atoms with van der Waals surface area (Å²) in [5.41, 5.74) is 1.24. The molecular formula is C30H26O11. The normalized spacial score (nSPS) is 21.3. The third kappa shape index (κ3) is 4.31. The van der Waals surface area contributed by atoms with Crippen molar-refractivity contribution < 1.29 is 55.4 Å². The second-order valence-electron chi connectivity index (χ2n) is 10.2. The van der Waals surface area contributed by atoms with E-state index < -0.39 is 41.7 Å². The molecule has 2 aliphatic heterocycles. The van der Waals surface area contributed by atoms with E-state index in [1.54, 1.807) is 6.07 Å². The number of phenols is 7. The first kappa shape index (κ1) is 26.2. The quantitative estimate of drug-likeness (QED) is 0.166. The van der Waals surface area contributed by atoms with Gasteiger partial charge >= 0.3 is 0 Å². The lowest BCUT2D eigenvalue weighted by Gasteiger charge is -2.35. The minimum absolute atomic E-state index is 0.000145. The first-order valence-corrected chi connectivity index (χ1v) is 12.7. The summed E-state index contributed by atoms with van der Waals surface area (Å²) in [5.74, 6) is -2.66. The van der Waals surface area contributed by atoms with E-state index in [-0.39, 0.29) is 64.0 Å². The third-order valence-electron chi connectivity index (χ3n) is 7.49. The molecule has 4 unspecified atom stereocenters. The van der Waals surface area contributed by atoms with Crippen molar-refractivity contribution in [2.24, 2.45) is 0 Å². The van der Waals surface area contributed by atoms with Gasteiger partial charge in [-0.15, -0.1) is 0 Å². The van der Waals surface area contributed by atoms with Gasteiger partial charge in [0.25, 0.3) is 0 Å². The molecule has 0 saturated carbocycles. The maximum atomic E-state index is 11.1. The fraction of sp³-hybridized carbons (Fsp3) is 0.200. The van der Waals surface area contributed by atoms with Crippen molar-refractivity contribution in [3.8, 4) is 62.9 Å². The summed E-state index contributed by atoms with van der Waals surface area (Å²) in [6.45, 7) is 0. The van der Waals surface area contributed by atoms with Gasteiger partial charge in [-0.1, -0.05) is 18.2 Å². The molecule has 0 spiro atoms. The van der Waals surface area contributed by atoms with Gasteiger partial charge < -0.3 is 55.4 Å². The highest BCUT2D eigenvalue weighted by Gasteiger charge is 2.39. The van der Waals surface area contributed by atoms with Crippen molar-refractivity contribution in [3.63, 3.8) is 0 Å². The van der Waals surface area contributed by atoms with Crippen LogP contribution in [0, 0.1) is 0 Å². The molecule has 212 valence electrons. The van der Waals surface area contributed by atoms with Gasteiger partial charge in [-0.25, -0.2) is 0 Å². The van der Waals surface area contributed by atoms with Gasteiger partial charge in [-0.05, 0) is 47.0 Å². The van der Waals surface area contributed by atoms with Gasteiger partial charge in [0.05, 0.1) is 23.3 Å². The van der Waals surface area contributed by atoms with E-state index in [0.29, 0.717) is 16.7 Å². The van der Waals surface area contributed by atoms with E-state index >= 15 is 0 Å². The molecule has 4 atom stereocenters. The topological polar surface area (TPSA) is 201 Å². The Hall–Kier alpha value is -5.00. The summed E-state index contributed by atoms with van der Waals surface area (Å²) < 4.78 is 12.3. The van der Waals surface area contributed by atoms with E-state index in [0.717, 1.165) is 6.07 Å². The van der Waals surface area contributed by atoms with Crippen LogP contribution in [0.1, 0.15) is 34.5 Å². The number of hydrogen-bond donors (Lipinski definition) is 9. The Morgan fingerprint density at radius 1 is 0.488 bits per heavy atom. The number of rotatable bonds is 3. The van der Waals surface area contributed by atoms with Crippen molar-refractivity contribution in [1.29, 1.82) is 0 Å². The van der Waals surface area contributed by atoms with Gasteiger partial charge in [-0.3, -0.25) is 0 Å². The molecule has 0 fully saturated rings. The van der Waals surface area contributed by atoms with E-state index in [4.69, 9.17) is 9.47 Å². The highest BCUT2D eigenvalue weighted by Crippen LogP contribution is 2.56. The Labute approximate surface area is 232 Å². The Morgan fingerprint density at radius 3 is 1.59 bits per heavy atom. The summed E-state index contributed by atoms with van der Waals surface area (Å²) in [7, 11) is 0. The minimum atomic E-state index is -1.19. The average molecular weight is 563 g/mol. The number of aromatic hydroxyl groups is 7. The van der Waals surface area contributed by atoms with Crippen LogP contribution in [-0.4, -0.2) is 58.2 Å². The molecule has 0 aromatic heterocycles. The number of benzene rings is 4. The highest BCUT2D eigenvalue weighted by atomic mass is 16.5. The van der Waals surface area contributed by atoms with Crippen LogP contribution in [0.4, 0.5) is 0 Å². The van der Waals surface area contributed by atoms with E-state index in [2.05, 4.69) is 0 Å². The van der Waals surface area contributed by atoms with Crippen LogP contribution in [0.25, 0.3) is 11.1 Å². The van der Waals surface area contributed by atoms with E-state index in [1.807, 2.05) is 0 Å². The van der Waals surface area contributed by atoms with Crippen LogP contribution in [0.15, 0.2) is 54.6 Å².